The lowest BCUT2D eigenvalue weighted by Crippen LogP contribution is -2.45. The molecule has 1 N–H and O–H groups in total. The molecule has 2 atom stereocenters. The molecule has 1 saturated heterocycles. The van der Waals surface area contributed by atoms with Crippen molar-refractivity contribution in [1.29, 1.82) is 0 Å². The number of aliphatic hydroxyl groups is 1. The summed E-state index contributed by atoms with van der Waals surface area (Å²) in [6.45, 7) is 7.75. The summed E-state index contributed by atoms with van der Waals surface area (Å²) in [6.07, 6.45) is 0.779. The van der Waals surface area contributed by atoms with Crippen LogP contribution in [0.5, 0.6) is 5.75 Å². The van der Waals surface area contributed by atoms with E-state index in [1.165, 1.54) is 5.56 Å². The van der Waals surface area contributed by atoms with Gasteiger partial charge in [-0.3, -0.25) is 4.79 Å². The first-order valence-corrected chi connectivity index (χ1v) is 7.64. The van der Waals surface area contributed by atoms with Gasteiger partial charge in [0.2, 0.25) is 5.91 Å². The van der Waals surface area contributed by atoms with Crippen molar-refractivity contribution in [2.24, 2.45) is 5.92 Å². The quantitative estimate of drug-likeness (QED) is 0.926. The molecule has 0 aliphatic carbocycles. The van der Waals surface area contributed by atoms with Gasteiger partial charge in [0.1, 0.15) is 5.75 Å². The Morgan fingerprint density at radius 3 is 2.90 bits per heavy atom. The molecular weight excluding hydrogens is 266 g/mol. The summed E-state index contributed by atoms with van der Waals surface area (Å²) in [7, 11) is 0. The second-order valence-corrected chi connectivity index (χ2v) is 5.97. The van der Waals surface area contributed by atoms with E-state index in [4.69, 9.17) is 4.74 Å². The van der Waals surface area contributed by atoms with Crippen LogP contribution in [0.3, 0.4) is 0 Å². The zero-order valence-electron chi connectivity index (χ0n) is 13.1. The molecule has 1 fully saturated rings. The van der Waals surface area contributed by atoms with Gasteiger partial charge < -0.3 is 14.7 Å². The van der Waals surface area contributed by atoms with Crippen LogP contribution in [0.1, 0.15) is 30.9 Å². The number of aryl methyl sites for hydroxylation is 1. The first kappa shape index (κ1) is 15.8. The predicted molar refractivity (Wildman–Crippen MR) is 82.4 cm³/mol. The van der Waals surface area contributed by atoms with E-state index in [0.29, 0.717) is 32.5 Å². The van der Waals surface area contributed by atoms with Crippen molar-refractivity contribution in [2.45, 2.75) is 39.7 Å². The minimum absolute atomic E-state index is 0.110. The van der Waals surface area contributed by atoms with E-state index < -0.39 is 0 Å². The fraction of sp³-hybridized carbons (Fsp3) is 0.588. The molecule has 1 heterocycles. The maximum absolute atomic E-state index is 12.2. The maximum atomic E-state index is 12.2. The van der Waals surface area contributed by atoms with Gasteiger partial charge in [0, 0.05) is 13.1 Å². The lowest BCUT2D eigenvalue weighted by Gasteiger charge is -2.34. The van der Waals surface area contributed by atoms with Crippen molar-refractivity contribution in [2.75, 3.05) is 19.7 Å². The van der Waals surface area contributed by atoms with Gasteiger partial charge in [0.05, 0.1) is 19.1 Å². The molecule has 0 aromatic heterocycles. The summed E-state index contributed by atoms with van der Waals surface area (Å²) in [5.41, 5.74) is 2.32. The number of hydrogen-bond acceptors (Lipinski definition) is 3. The van der Waals surface area contributed by atoms with Crippen LogP contribution in [0.2, 0.25) is 0 Å². The van der Waals surface area contributed by atoms with E-state index in [1.807, 2.05) is 43.9 Å². The van der Waals surface area contributed by atoms with Crippen LogP contribution in [0, 0.1) is 19.8 Å². The van der Waals surface area contributed by atoms with Crippen molar-refractivity contribution in [3.05, 3.63) is 29.3 Å². The lowest BCUT2D eigenvalue weighted by atomic mass is 9.96. The number of aliphatic hydroxyl groups excluding tert-OH is 1. The summed E-state index contributed by atoms with van der Waals surface area (Å²) in [4.78, 5) is 14.0. The first-order valence-electron chi connectivity index (χ1n) is 7.64. The molecule has 21 heavy (non-hydrogen) atoms. The van der Waals surface area contributed by atoms with Crippen molar-refractivity contribution in [3.8, 4) is 5.75 Å². The zero-order chi connectivity index (χ0) is 15.4. The van der Waals surface area contributed by atoms with E-state index in [1.54, 1.807) is 0 Å². The highest BCUT2D eigenvalue weighted by molar-refractivity contribution is 5.76. The Balaban J connectivity index is 1.81. The third-order valence-corrected chi connectivity index (χ3v) is 4.34. The third kappa shape index (κ3) is 3.97. The van der Waals surface area contributed by atoms with Crippen LogP contribution >= 0.6 is 0 Å². The number of hydrogen-bond donors (Lipinski definition) is 1. The molecule has 1 aromatic rings. The normalized spacial score (nSPS) is 22.2. The smallest absolute Gasteiger partial charge is 0.226 e. The first-order chi connectivity index (χ1) is 9.99. The number of carbonyl (C=O) groups excluding carboxylic acids is 1. The standard InChI is InChI=1S/C17H25NO3/c1-12-5-4-6-16(14(12)3)21-10-8-17(20)18-9-7-15(19)13(2)11-18/h4-6,13,15,19H,7-11H2,1-3H3. The highest BCUT2D eigenvalue weighted by Crippen LogP contribution is 2.21. The predicted octanol–water partition coefficient (Wildman–Crippen LogP) is 2.30. The number of amides is 1. The summed E-state index contributed by atoms with van der Waals surface area (Å²) >= 11 is 0. The molecule has 2 unspecified atom stereocenters. The molecule has 1 aliphatic rings. The fourth-order valence-electron chi connectivity index (χ4n) is 2.65. The Morgan fingerprint density at radius 1 is 1.43 bits per heavy atom. The van der Waals surface area contributed by atoms with Crippen LogP contribution in [0.25, 0.3) is 0 Å². The third-order valence-electron chi connectivity index (χ3n) is 4.34. The van der Waals surface area contributed by atoms with E-state index >= 15 is 0 Å². The van der Waals surface area contributed by atoms with Crippen molar-refractivity contribution in [3.63, 3.8) is 0 Å². The Hall–Kier alpha value is -1.55. The number of ether oxygens (including phenoxy) is 1. The summed E-state index contributed by atoms with van der Waals surface area (Å²) < 4.78 is 5.73. The van der Waals surface area contributed by atoms with E-state index in [-0.39, 0.29) is 17.9 Å². The van der Waals surface area contributed by atoms with Crippen LogP contribution in [0.15, 0.2) is 18.2 Å². The van der Waals surface area contributed by atoms with Gasteiger partial charge in [0.15, 0.2) is 0 Å². The van der Waals surface area contributed by atoms with Crippen LogP contribution in [-0.4, -0.2) is 41.7 Å². The van der Waals surface area contributed by atoms with Crippen LogP contribution < -0.4 is 4.74 Å². The van der Waals surface area contributed by atoms with Gasteiger partial charge in [-0.2, -0.15) is 0 Å². The van der Waals surface area contributed by atoms with Gasteiger partial charge in [-0.15, -0.1) is 0 Å². The van der Waals surface area contributed by atoms with E-state index in [0.717, 1.165) is 11.3 Å². The number of carbonyl (C=O) groups is 1. The number of benzene rings is 1. The average Bonchev–Trinajstić information content (AvgIpc) is 2.46. The van der Waals surface area contributed by atoms with Crippen LogP contribution in [-0.2, 0) is 4.79 Å². The number of rotatable bonds is 4. The molecule has 1 amide bonds. The fourth-order valence-corrected chi connectivity index (χ4v) is 2.65. The van der Waals surface area contributed by atoms with E-state index in [2.05, 4.69) is 0 Å². The van der Waals surface area contributed by atoms with Crippen molar-refractivity contribution in [1.82, 2.24) is 4.90 Å². The minimum Gasteiger partial charge on any atom is -0.493 e. The van der Waals surface area contributed by atoms with Crippen molar-refractivity contribution >= 4 is 5.91 Å². The number of piperidine rings is 1. The minimum atomic E-state index is -0.278. The van der Waals surface area contributed by atoms with Gasteiger partial charge in [-0.25, -0.2) is 0 Å². The Labute approximate surface area is 126 Å². The number of likely N-dealkylation sites (tertiary alicyclic amines) is 1. The molecule has 2 rings (SSSR count). The summed E-state index contributed by atoms with van der Waals surface area (Å²) in [6, 6.07) is 5.95. The Bertz CT molecular complexity index is 501. The lowest BCUT2D eigenvalue weighted by molar-refractivity contribution is -0.135. The number of nitrogens with zero attached hydrogens (tertiary/aromatic N) is 1. The molecule has 0 bridgehead atoms. The van der Waals surface area contributed by atoms with Gasteiger partial charge in [0.25, 0.3) is 0 Å². The monoisotopic (exact) mass is 291 g/mol. The average molecular weight is 291 g/mol. The summed E-state index contributed by atoms with van der Waals surface area (Å²) in [5, 5.41) is 9.70. The zero-order valence-corrected chi connectivity index (χ0v) is 13.1. The van der Waals surface area contributed by atoms with Gasteiger partial charge in [-0.05, 0) is 43.4 Å². The molecule has 1 aromatic carbocycles. The molecule has 1 aliphatic heterocycles. The molecule has 4 nitrogen and oxygen atoms in total. The Kier molecular flexibility index (Phi) is 5.23. The second kappa shape index (κ2) is 6.94. The molecule has 0 radical (unpaired) electrons. The molecule has 0 spiro atoms. The maximum Gasteiger partial charge on any atom is 0.226 e. The van der Waals surface area contributed by atoms with Gasteiger partial charge in [-0.1, -0.05) is 19.1 Å². The highest BCUT2D eigenvalue weighted by atomic mass is 16.5. The van der Waals surface area contributed by atoms with Gasteiger partial charge >= 0.3 is 0 Å². The van der Waals surface area contributed by atoms with Crippen molar-refractivity contribution < 1.29 is 14.6 Å². The highest BCUT2D eigenvalue weighted by Gasteiger charge is 2.26. The largest absolute Gasteiger partial charge is 0.493 e. The Morgan fingerprint density at radius 2 is 2.19 bits per heavy atom. The van der Waals surface area contributed by atoms with Crippen LogP contribution in [0.4, 0.5) is 0 Å². The summed E-state index contributed by atoms with van der Waals surface area (Å²) in [5.74, 6) is 1.12. The topological polar surface area (TPSA) is 49.8 Å². The molecule has 4 heteroatoms. The molecular formula is C17H25NO3. The SMILES string of the molecule is Cc1cccc(OCCC(=O)N2CCC(O)C(C)C2)c1C. The van der Waals surface area contributed by atoms with E-state index in [9.17, 15) is 9.90 Å². The second-order valence-electron chi connectivity index (χ2n) is 5.97. The molecule has 0 saturated carbocycles. The molecule has 116 valence electrons.